The standard InChI is InChI=1S/C17H28FNO/c1-5-10-19-15(11-13(2)3)8-6-14-7-9-17(20-4)16(18)12-14/h7,9,12-13,15,19H,5-6,8,10-11H2,1-4H3. The van der Waals surface area contributed by atoms with Crippen molar-refractivity contribution in [2.24, 2.45) is 5.92 Å². The number of ether oxygens (including phenoxy) is 1. The number of aryl methyl sites for hydroxylation is 1. The quantitative estimate of drug-likeness (QED) is 0.733. The maximum absolute atomic E-state index is 13.6. The van der Waals surface area contributed by atoms with Gasteiger partial charge in [0.2, 0.25) is 0 Å². The van der Waals surface area contributed by atoms with Crippen molar-refractivity contribution in [1.29, 1.82) is 0 Å². The van der Waals surface area contributed by atoms with E-state index >= 15 is 0 Å². The van der Waals surface area contributed by atoms with Crippen molar-refractivity contribution in [2.45, 2.75) is 52.5 Å². The molecule has 114 valence electrons. The van der Waals surface area contributed by atoms with Crippen molar-refractivity contribution >= 4 is 0 Å². The number of methoxy groups -OCH3 is 1. The highest BCUT2D eigenvalue weighted by Gasteiger charge is 2.11. The fourth-order valence-electron chi connectivity index (χ4n) is 2.43. The van der Waals surface area contributed by atoms with Crippen LogP contribution in [0.2, 0.25) is 0 Å². The fraction of sp³-hybridized carbons (Fsp3) is 0.647. The molecule has 0 saturated heterocycles. The van der Waals surface area contributed by atoms with E-state index in [1.807, 2.05) is 6.07 Å². The third kappa shape index (κ3) is 5.91. The van der Waals surface area contributed by atoms with Crippen molar-refractivity contribution in [3.05, 3.63) is 29.6 Å². The molecule has 0 aliphatic rings. The fourth-order valence-corrected chi connectivity index (χ4v) is 2.43. The molecule has 0 fully saturated rings. The molecule has 1 rings (SSSR count). The highest BCUT2D eigenvalue weighted by atomic mass is 19.1. The topological polar surface area (TPSA) is 21.3 Å². The molecule has 20 heavy (non-hydrogen) atoms. The van der Waals surface area contributed by atoms with Crippen LogP contribution < -0.4 is 10.1 Å². The number of hydrogen-bond donors (Lipinski definition) is 1. The Balaban J connectivity index is 2.55. The van der Waals surface area contributed by atoms with Crippen LogP contribution in [0.15, 0.2) is 18.2 Å². The Morgan fingerprint density at radius 1 is 1.30 bits per heavy atom. The smallest absolute Gasteiger partial charge is 0.165 e. The molecule has 0 heterocycles. The van der Waals surface area contributed by atoms with Gasteiger partial charge >= 0.3 is 0 Å². The number of nitrogens with one attached hydrogen (secondary N) is 1. The van der Waals surface area contributed by atoms with Gasteiger partial charge in [-0.1, -0.05) is 26.8 Å². The molecule has 0 aliphatic heterocycles. The van der Waals surface area contributed by atoms with Crippen LogP contribution >= 0.6 is 0 Å². The summed E-state index contributed by atoms with van der Waals surface area (Å²) in [6, 6.07) is 5.76. The number of benzene rings is 1. The normalized spacial score (nSPS) is 12.7. The number of halogens is 1. The Morgan fingerprint density at radius 3 is 2.60 bits per heavy atom. The molecule has 1 aromatic carbocycles. The van der Waals surface area contributed by atoms with Crippen molar-refractivity contribution < 1.29 is 9.13 Å². The summed E-state index contributed by atoms with van der Waals surface area (Å²) in [4.78, 5) is 0. The van der Waals surface area contributed by atoms with Gasteiger partial charge in [-0.05, 0) is 55.8 Å². The van der Waals surface area contributed by atoms with Crippen LogP contribution in [-0.2, 0) is 6.42 Å². The summed E-state index contributed by atoms with van der Waals surface area (Å²) >= 11 is 0. The molecule has 0 spiro atoms. The first-order valence-corrected chi connectivity index (χ1v) is 7.62. The second kappa shape index (κ2) is 8.96. The van der Waals surface area contributed by atoms with Gasteiger partial charge in [0.05, 0.1) is 7.11 Å². The summed E-state index contributed by atoms with van der Waals surface area (Å²) in [5, 5.41) is 3.59. The lowest BCUT2D eigenvalue weighted by Crippen LogP contribution is -2.31. The summed E-state index contributed by atoms with van der Waals surface area (Å²) in [7, 11) is 1.49. The Hall–Kier alpha value is -1.09. The summed E-state index contributed by atoms with van der Waals surface area (Å²) in [5.74, 6) is 0.723. The van der Waals surface area contributed by atoms with Gasteiger partial charge < -0.3 is 10.1 Å². The van der Waals surface area contributed by atoms with Crippen LogP contribution in [0.1, 0.15) is 45.6 Å². The lowest BCUT2D eigenvalue weighted by atomic mass is 9.97. The number of rotatable bonds is 9. The van der Waals surface area contributed by atoms with Crippen LogP contribution in [-0.4, -0.2) is 19.7 Å². The average molecular weight is 281 g/mol. The molecule has 0 saturated carbocycles. The lowest BCUT2D eigenvalue weighted by molar-refractivity contribution is 0.384. The van der Waals surface area contributed by atoms with Gasteiger partial charge in [0, 0.05) is 6.04 Å². The largest absolute Gasteiger partial charge is 0.494 e. The predicted octanol–water partition coefficient (Wildman–Crippen LogP) is 4.18. The molecule has 0 amide bonds. The van der Waals surface area contributed by atoms with E-state index in [9.17, 15) is 4.39 Å². The van der Waals surface area contributed by atoms with Gasteiger partial charge in [-0.25, -0.2) is 4.39 Å². The summed E-state index contributed by atoms with van der Waals surface area (Å²) in [6.07, 6.45) is 4.25. The minimum Gasteiger partial charge on any atom is -0.494 e. The van der Waals surface area contributed by atoms with Gasteiger partial charge in [-0.3, -0.25) is 0 Å². The van der Waals surface area contributed by atoms with E-state index in [4.69, 9.17) is 4.74 Å². The van der Waals surface area contributed by atoms with E-state index in [2.05, 4.69) is 26.1 Å². The second-order valence-electron chi connectivity index (χ2n) is 5.79. The molecule has 1 atom stereocenters. The number of hydrogen-bond acceptors (Lipinski definition) is 2. The molecule has 3 heteroatoms. The van der Waals surface area contributed by atoms with E-state index < -0.39 is 0 Å². The Labute approximate surface area is 122 Å². The molecular weight excluding hydrogens is 253 g/mol. The Bertz CT molecular complexity index is 393. The first-order chi connectivity index (χ1) is 9.56. The van der Waals surface area contributed by atoms with Crippen LogP contribution in [0.4, 0.5) is 4.39 Å². The zero-order valence-electron chi connectivity index (χ0n) is 13.2. The van der Waals surface area contributed by atoms with Crippen LogP contribution in [0.3, 0.4) is 0 Å². The van der Waals surface area contributed by atoms with E-state index in [1.54, 1.807) is 12.1 Å². The van der Waals surface area contributed by atoms with E-state index in [0.717, 1.165) is 31.4 Å². The van der Waals surface area contributed by atoms with E-state index in [0.29, 0.717) is 17.7 Å². The summed E-state index contributed by atoms with van der Waals surface area (Å²) < 4.78 is 18.6. The van der Waals surface area contributed by atoms with Crippen LogP contribution in [0.5, 0.6) is 5.75 Å². The summed E-state index contributed by atoms with van der Waals surface area (Å²) in [5.41, 5.74) is 1.04. The summed E-state index contributed by atoms with van der Waals surface area (Å²) in [6.45, 7) is 7.72. The van der Waals surface area contributed by atoms with Gasteiger partial charge in [0.15, 0.2) is 11.6 Å². The van der Waals surface area contributed by atoms with Crippen molar-refractivity contribution in [2.75, 3.05) is 13.7 Å². The molecule has 0 radical (unpaired) electrons. The Morgan fingerprint density at radius 2 is 2.05 bits per heavy atom. The van der Waals surface area contributed by atoms with Gasteiger partial charge in [0.1, 0.15) is 0 Å². The van der Waals surface area contributed by atoms with Gasteiger partial charge in [-0.15, -0.1) is 0 Å². The maximum Gasteiger partial charge on any atom is 0.165 e. The van der Waals surface area contributed by atoms with Crippen LogP contribution in [0.25, 0.3) is 0 Å². The molecule has 0 aliphatic carbocycles. The van der Waals surface area contributed by atoms with Crippen molar-refractivity contribution in [3.8, 4) is 5.75 Å². The van der Waals surface area contributed by atoms with E-state index in [-0.39, 0.29) is 5.82 Å². The highest BCUT2D eigenvalue weighted by Crippen LogP contribution is 2.19. The van der Waals surface area contributed by atoms with Crippen molar-refractivity contribution in [3.63, 3.8) is 0 Å². The third-order valence-corrected chi connectivity index (χ3v) is 3.44. The molecule has 2 nitrogen and oxygen atoms in total. The SMILES string of the molecule is CCCNC(CCc1ccc(OC)c(F)c1)CC(C)C. The zero-order valence-corrected chi connectivity index (χ0v) is 13.2. The monoisotopic (exact) mass is 281 g/mol. The minimum atomic E-state index is -0.271. The third-order valence-electron chi connectivity index (χ3n) is 3.44. The maximum atomic E-state index is 13.6. The van der Waals surface area contributed by atoms with E-state index in [1.165, 1.54) is 13.5 Å². The lowest BCUT2D eigenvalue weighted by Gasteiger charge is -2.20. The van der Waals surface area contributed by atoms with Crippen LogP contribution in [0, 0.1) is 11.7 Å². The van der Waals surface area contributed by atoms with Gasteiger partial charge in [0.25, 0.3) is 0 Å². The van der Waals surface area contributed by atoms with Crippen molar-refractivity contribution in [1.82, 2.24) is 5.32 Å². The molecule has 1 aromatic rings. The molecule has 0 bridgehead atoms. The highest BCUT2D eigenvalue weighted by molar-refractivity contribution is 5.29. The second-order valence-corrected chi connectivity index (χ2v) is 5.79. The molecule has 1 unspecified atom stereocenters. The predicted molar refractivity (Wildman–Crippen MR) is 82.8 cm³/mol. The first kappa shape index (κ1) is 17.0. The molecule has 0 aromatic heterocycles. The first-order valence-electron chi connectivity index (χ1n) is 7.62. The zero-order chi connectivity index (χ0) is 15.0. The molecular formula is C17H28FNO. The average Bonchev–Trinajstić information content (AvgIpc) is 2.41. The minimum absolute atomic E-state index is 0.271. The Kier molecular flexibility index (Phi) is 7.60. The van der Waals surface area contributed by atoms with Gasteiger partial charge in [-0.2, -0.15) is 0 Å². The molecule has 1 N–H and O–H groups in total.